The van der Waals surface area contributed by atoms with E-state index in [-0.39, 0.29) is 5.56 Å². The predicted molar refractivity (Wildman–Crippen MR) is 80.1 cm³/mol. The van der Waals surface area contributed by atoms with E-state index in [1.165, 1.54) is 0 Å². The summed E-state index contributed by atoms with van der Waals surface area (Å²) in [6.07, 6.45) is 5.62. The molecule has 1 aliphatic rings. The highest BCUT2D eigenvalue weighted by Crippen LogP contribution is 2.33. The van der Waals surface area contributed by atoms with Gasteiger partial charge < -0.3 is 9.88 Å². The van der Waals surface area contributed by atoms with Gasteiger partial charge in [0, 0.05) is 30.9 Å². The molecule has 4 nitrogen and oxygen atoms in total. The molecule has 2 aromatic rings. The zero-order valence-corrected chi connectivity index (χ0v) is 11.8. The molecule has 1 fully saturated rings. The first-order valence-electron chi connectivity index (χ1n) is 6.73. The number of hydrogen-bond donors (Lipinski definition) is 1. The molecule has 0 spiro atoms. The lowest BCUT2D eigenvalue weighted by molar-refractivity contribution is 0.699. The lowest BCUT2D eigenvalue weighted by Crippen LogP contribution is -2.23. The van der Waals surface area contributed by atoms with E-state index in [9.17, 15) is 4.79 Å². The highest BCUT2D eigenvalue weighted by Gasteiger charge is 2.25. The molecule has 0 aliphatic heterocycles. The van der Waals surface area contributed by atoms with Crippen LogP contribution in [-0.2, 0) is 12.4 Å². The molecule has 1 aromatic heterocycles. The Balaban J connectivity index is 1.71. The van der Waals surface area contributed by atoms with Gasteiger partial charge in [-0.25, -0.2) is 4.98 Å². The standard InChI is InChI=1S/C15H16ClN3O/c16-9-11-1-3-12(4-2-11)10-18-14-15(20)19(8-7-17-14)13-5-6-13/h1-4,7-8,13H,5-6,9-10H2,(H,17,18). The predicted octanol–water partition coefficient (Wildman–Crippen LogP) is 2.93. The van der Waals surface area contributed by atoms with Crippen molar-refractivity contribution in [1.29, 1.82) is 0 Å². The van der Waals surface area contributed by atoms with Crippen LogP contribution in [0.1, 0.15) is 30.0 Å². The fraction of sp³-hybridized carbons (Fsp3) is 0.333. The largest absolute Gasteiger partial charge is 0.361 e. The lowest BCUT2D eigenvalue weighted by Gasteiger charge is -2.08. The van der Waals surface area contributed by atoms with Gasteiger partial charge in [-0.05, 0) is 24.0 Å². The highest BCUT2D eigenvalue weighted by molar-refractivity contribution is 6.17. The van der Waals surface area contributed by atoms with Gasteiger partial charge in [-0.15, -0.1) is 11.6 Å². The van der Waals surface area contributed by atoms with Gasteiger partial charge >= 0.3 is 0 Å². The van der Waals surface area contributed by atoms with Gasteiger partial charge in [0.05, 0.1) is 0 Å². The highest BCUT2D eigenvalue weighted by atomic mass is 35.5. The number of hydrogen-bond acceptors (Lipinski definition) is 3. The Morgan fingerprint density at radius 2 is 1.95 bits per heavy atom. The van der Waals surface area contributed by atoms with Gasteiger partial charge in [0.25, 0.3) is 5.56 Å². The van der Waals surface area contributed by atoms with Crippen LogP contribution in [-0.4, -0.2) is 9.55 Å². The number of nitrogens with one attached hydrogen (secondary N) is 1. The molecule has 1 saturated carbocycles. The number of nitrogens with zero attached hydrogens (tertiary/aromatic N) is 2. The van der Waals surface area contributed by atoms with Crippen molar-refractivity contribution in [1.82, 2.24) is 9.55 Å². The van der Waals surface area contributed by atoms with Gasteiger partial charge in [-0.1, -0.05) is 24.3 Å². The van der Waals surface area contributed by atoms with Gasteiger partial charge in [0.1, 0.15) is 0 Å². The van der Waals surface area contributed by atoms with E-state index in [1.54, 1.807) is 17.0 Å². The van der Waals surface area contributed by atoms with Crippen molar-refractivity contribution in [2.45, 2.75) is 31.3 Å². The summed E-state index contributed by atoms with van der Waals surface area (Å²) in [7, 11) is 0. The average molecular weight is 290 g/mol. The van der Waals surface area contributed by atoms with Crippen LogP contribution in [0.5, 0.6) is 0 Å². The van der Waals surface area contributed by atoms with Gasteiger partial charge in [-0.2, -0.15) is 0 Å². The Morgan fingerprint density at radius 3 is 2.60 bits per heavy atom. The fourth-order valence-corrected chi connectivity index (χ4v) is 2.30. The molecule has 1 heterocycles. The second-order valence-corrected chi connectivity index (χ2v) is 5.29. The monoisotopic (exact) mass is 289 g/mol. The first-order valence-corrected chi connectivity index (χ1v) is 7.26. The van der Waals surface area contributed by atoms with E-state index in [2.05, 4.69) is 10.3 Å². The molecule has 0 saturated heterocycles. The van der Waals surface area contributed by atoms with Crippen molar-refractivity contribution < 1.29 is 0 Å². The van der Waals surface area contributed by atoms with Crippen LogP contribution in [0, 0.1) is 0 Å². The second-order valence-electron chi connectivity index (χ2n) is 5.02. The normalized spacial score (nSPS) is 14.2. The van der Waals surface area contributed by atoms with Gasteiger partial charge in [0.15, 0.2) is 5.82 Å². The van der Waals surface area contributed by atoms with Crippen LogP contribution >= 0.6 is 11.6 Å². The fourth-order valence-electron chi connectivity index (χ4n) is 2.12. The lowest BCUT2D eigenvalue weighted by atomic mass is 10.1. The zero-order chi connectivity index (χ0) is 13.9. The Kier molecular flexibility index (Phi) is 3.74. The number of alkyl halides is 1. The van der Waals surface area contributed by atoms with Crippen LogP contribution in [0.2, 0.25) is 0 Å². The third kappa shape index (κ3) is 2.85. The number of anilines is 1. The molecule has 1 aromatic carbocycles. The van der Waals surface area contributed by atoms with E-state index in [0.717, 1.165) is 24.0 Å². The van der Waals surface area contributed by atoms with Crippen LogP contribution in [0.3, 0.4) is 0 Å². The van der Waals surface area contributed by atoms with Crippen LogP contribution in [0.15, 0.2) is 41.5 Å². The molecule has 0 amide bonds. The summed E-state index contributed by atoms with van der Waals surface area (Å²) < 4.78 is 1.77. The quantitative estimate of drug-likeness (QED) is 0.861. The maximum absolute atomic E-state index is 12.2. The number of aromatic nitrogens is 2. The smallest absolute Gasteiger partial charge is 0.293 e. The van der Waals surface area contributed by atoms with Crippen molar-refractivity contribution in [2.24, 2.45) is 0 Å². The topological polar surface area (TPSA) is 46.9 Å². The molecule has 0 unspecified atom stereocenters. The minimum absolute atomic E-state index is 0.0348. The van der Waals surface area contributed by atoms with Crippen molar-refractivity contribution in [2.75, 3.05) is 5.32 Å². The molecule has 1 N–H and O–H groups in total. The summed E-state index contributed by atoms with van der Waals surface area (Å²) in [5, 5.41) is 3.11. The first-order chi connectivity index (χ1) is 9.78. The van der Waals surface area contributed by atoms with E-state index in [4.69, 9.17) is 11.6 Å². The van der Waals surface area contributed by atoms with Gasteiger partial charge in [-0.3, -0.25) is 4.79 Å². The minimum Gasteiger partial charge on any atom is -0.361 e. The summed E-state index contributed by atoms with van der Waals surface area (Å²) in [6.45, 7) is 0.583. The third-order valence-corrected chi connectivity index (χ3v) is 3.75. The molecule has 1 aliphatic carbocycles. The minimum atomic E-state index is -0.0348. The zero-order valence-electron chi connectivity index (χ0n) is 11.1. The molecule has 3 rings (SSSR count). The summed E-state index contributed by atoms with van der Waals surface area (Å²) in [6, 6.07) is 8.37. The molecule has 20 heavy (non-hydrogen) atoms. The number of benzene rings is 1. The molecule has 0 atom stereocenters. The molecular formula is C15H16ClN3O. The maximum Gasteiger partial charge on any atom is 0.293 e. The Hall–Kier alpha value is -1.81. The molecule has 0 radical (unpaired) electrons. The van der Waals surface area contributed by atoms with Crippen molar-refractivity contribution in [3.05, 3.63) is 58.1 Å². The van der Waals surface area contributed by atoms with E-state index >= 15 is 0 Å². The van der Waals surface area contributed by atoms with Crippen molar-refractivity contribution in [3.8, 4) is 0 Å². The molecular weight excluding hydrogens is 274 g/mol. The summed E-state index contributed by atoms with van der Waals surface area (Å²) in [5.41, 5.74) is 2.15. The van der Waals surface area contributed by atoms with Crippen molar-refractivity contribution in [3.63, 3.8) is 0 Å². The van der Waals surface area contributed by atoms with E-state index in [1.807, 2.05) is 24.3 Å². The average Bonchev–Trinajstić information content (AvgIpc) is 3.31. The molecule has 5 heteroatoms. The number of halogens is 1. The Labute approximate surface area is 122 Å². The van der Waals surface area contributed by atoms with Crippen molar-refractivity contribution >= 4 is 17.4 Å². The SMILES string of the molecule is O=c1c(NCc2ccc(CCl)cc2)nccn1C1CC1. The maximum atomic E-state index is 12.2. The van der Waals surface area contributed by atoms with Crippen LogP contribution in [0.25, 0.3) is 0 Å². The van der Waals surface area contributed by atoms with E-state index in [0.29, 0.717) is 24.3 Å². The summed E-state index contributed by atoms with van der Waals surface area (Å²) in [4.78, 5) is 16.3. The summed E-state index contributed by atoms with van der Waals surface area (Å²) in [5.74, 6) is 0.931. The number of rotatable bonds is 5. The molecule has 0 bridgehead atoms. The van der Waals surface area contributed by atoms with Gasteiger partial charge in [0.2, 0.25) is 0 Å². The summed E-state index contributed by atoms with van der Waals surface area (Å²) >= 11 is 5.76. The Bertz CT molecular complexity index is 647. The van der Waals surface area contributed by atoms with Crippen LogP contribution in [0.4, 0.5) is 5.82 Å². The molecule has 104 valence electrons. The van der Waals surface area contributed by atoms with Crippen LogP contribution < -0.4 is 10.9 Å². The first kappa shape index (κ1) is 13.2. The third-order valence-electron chi connectivity index (χ3n) is 3.45. The second kappa shape index (κ2) is 5.67. The Morgan fingerprint density at radius 1 is 1.25 bits per heavy atom. The van der Waals surface area contributed by atoms with E-state index < -0.39 is 0 Å².